The second-order valence-corrected chi connectivity index (χ2v) is 5.76. The van der Waals surface area contributed by atoms with Crippen molar-refractivity contribution in [3.8, 4) is 5.75 Å². The third-order valence-corrected chi connectivity index (χ3v) is 4.34. The van der Waals surface area contributed by atoms with Gasteiger partial charge < -0.3 is 9.84 Å². The number of carbonyl (C=O) groups is 1. The van der Waals surface area contributed by atoms with Gasteiger partial charge in [0.05, 0.1) is 11.5 Å². The Morgan fingerprint density at radius 2 is 1.84 bits per heavy atom. The molecule has 0 unspecified atom stereocenters. The Balaban J connectivity index is 1.99. The fourth-order valence-electron chi connectivity index (χ4n) is 3.08. The summed E-state index contributed by atoms with van der Waals surface area (Å²) >= 11 is 0. The van der Waals surface area contributed by atoms with Crippen molar-refractivity contribution >= 4 is 5.97 Å². The Kier molecular flexibility index (Phi) is 3.21. The smallest absolute Gasteiger partial charge is 0.314 e. The molecule has 1 aromatic rings. The summed E-state index contributed by atoms with van der Waals surface area (Å²) in [7, 11) is 0. The lowest BCUT2D eigenvalue weighted by molar-refractivity contribution is -0.145. The van der Waals surface area contributed by atoms with E-state index in [4.69, 9.17) is 4.74 Å². The molecule has 0 bridgehead atoms. The van der Waals surface area contributed by atoms with Crippen LogP contribution >= 0.6 is 0 Å². The largest absolute Gasteiger partial charge is 0.490 e. The zero-order valence-electron chi connectivity index (χ0n) is 11.1. The maximum Gasteiger partial charge on any atom is 0.314 e. The van der Waals surface area contributed by atoms with Crippen LogP contribution in [0.3, 0.4) is 0 Å². The molecule has 102 valence electrons. The predicted octanol–water partition coefficient (Wildman–Crippen LogP) is 3.51. The van der Waals surface area contributed by atoms with Crippen LogP contribution in [-0.4, -0.2) is 17.2 Å². The van der Waals surface area contributed by atoms with Gasteiger partial charge in [-0.15, -0.1) is 0 Å². The van der Waals surface area contributed by atoms with Gasteiger partial charge >= 0.3 is 5.97 Å². The second-order valence-electron chi connectivity index (χ2n) is 5.76. The molecular weight excluding hydrogens is 240 g/mol. The first-order chi connectivity index (χ1) is 9.22. The SMILES string of the molecule is O=C(O)C1(c2ccccc2OC2CC2)CCCCC1. The normalized spacial score (nSPS) is 21.9. The molecule has 0 aromatic heterocycles. The second kappa shape index (κ2) is 4.87. The van der Waals surface area contributed by atoms with Gasteiger partial charge in [-0.1, -0.05) is 37.5 Å². The number of hydrogen-bond donors (Lipinski definition) is 1. The third kappa shape index (κ3) is 2.34. The molecule has 0 atom stereocenters. The van der Waals surface area contributed by atoms with Crippen LogP contribution in [0.4, 0.5) is 0 Å². The summed E-state index contributed by atoms with van der Waals surface area (Å²) in [5, 5.41) is 9.76. The highest BCUT2D eigenvalue weighted by atomic mass is 16.5. The molecule has 19 heavy (non-hydrogen) atoms. The van der Waals surface area contributed by atoms with Crippen LogP contribution in [0.15, 0.2) is 24.3 Å². The lowest BCUT2D eigenvalue weighted by Gasteiger charge is -2.34. The van der Waals surface area contributed by atoms with E-state index < -0.39 is 11.4 Å². The summed E-state index contributed by atoms with van der Waals surface area (Å²) in [6.45, 7) is 0. The van der Waals surface area contributed by atoms with E-state index in [0.29, 0.717) is 6.10 Å². The van der Waals surface area contributed by atoms with Crippen LogP contribution in [0, 0.1) is 0 Å². The lowest BCUT2D eigenvalue weighted by atomic mass is 9.69. The number of ether oxygens (including phenoxy) is 1. The van der Waals surface area contributed by atoms with E-state index in [-0.39, 0.29) is 0 Å². The van der Waals surface area contributed by atoms with E-state index in [2.05, 4.69) is 0 Å². The number of aliphatic carboxylic acids is 1. The Morgan fingerprint density at radius 3 is 2.47 bits per heavy atom. The highest BCUT2D eigenvalue weighted by Gasteiger charge is 2.43. The molecule has 3 nitrogen and oxygen atoms in total. The molecule has 1 aromatic carbocycles. The van der Waals surface area contributed by atoms with Crippen LogP contribution in [0.5, 0.6) is 5.75 Å². The predicted molar refractivity (Wildman–Crippen MR) is 72.5 cm³/mol. The molecule has 0 saturated heterocycles. The van der Waals surface area contributed by atoms with Crippen molar-refractivity contribution < 1.29 is 14.6 Å². The first-order valence-corrected chi connectivity index (χ1v) is 7.22. The Bertz CT molecular complexity index is 471. The summed E-state index contributed by atoms with van der Waals surface area (Å²) in [5.74, 6) is 0.0911. The van der Waals surface area contributed by atoms with Gasteiger partial charge in [-0.25, -0.2) is 0 Å². The van der Waals surface area contributed by atoms with Crippen LogP contribution in [0.2, 0.25) is 0 Å². The van der Waals surface area contributed by atoms with E-state index in [1.54, 1.807) is 0 Å². The first kappa shape index (κ1) is 12.5. The number of rotatable bonds is 4. The van der Waals surface area contributed by atoms with Gasteiger partial charge in [0.2, 0.25) is 0 Å². The summed E-state index contributed by atoms with van der Waals surface area (Å²) < 4.78 is 5.92. The summed E-state index contributed by atoms with van der Waals surface area (Å²) in [4.78, 5) is 11.9. The van der Waals surface area contributed by atoms with Crippen molar-refractivity contribution in [3.63, 3.8) is 0 Å². The first-order valence-electron chi connectivity index (χ1n) is 7.22. The van der Waals surface area contributed by atoms with E-state index in [1.165, 1.54) is 0 Å². The van der Waals surface area contributed by atoms with Crippen molar-refractivity contribution in [3.05, 3.63) is 29.8 Å². The van der Waals surface area contributed by atoms with Crippen LogP contribution in [0.25, 0.3) is 0 Å². The van der Waals surface area contributed by atoms with E-state index in [0.717, 1.165) is 56.3 Å². The molecule has 2 fully saturated rings. The fraction of sp³-hybridized carbons (Fsp3) is 0.562. The van der Waals surface area contributed by atoms with Gasteiger partial charge in [0, 0.05) is 5.56 Å². The minimum absolute atomic E-state index is 0.301. The zero-order valence-corrected chi connectivity index (χ0v) is 11.1. The average molecular weight is 260 g/mol. The van der Waals surface area contributed by atoms with E-state index in [9.17, 15) is 9.90 Å². The third-order valence-electron chi connectivity index (χ3n) is 4.34. The van der Waals surface area contributed by atoms with Crippen LogP contribution in [-0.2, 0) is 10.2 Å². The highest BCUT2D eigenvalue weighted by Crippen LogP contribution is 2.44. The molecule has 3 heteroatoms. The van der Waals surface area contributed by atoms with Gasteiger partial charge in [-0.2, -0.15) is 0 Å². The minimum Gasteiger partial charge on any atom is -0.490 e. The molecule has 0 spiro atoms. The molecule has 0 amide bonds. The topological polar surface area (TPSA) is 46.5 Å². The minimum atomic E-state index is -0.732. The van der Waals surface area contributed by atoms with Gasteiger partial charge in [-0.3, -0.25) is 4.79 Å². The molecular formula is C16H20O3. The van der Waals surface area contributed by atoms with Gasteiger partial charge in [0.1, 0.15) is 5.75 Å². The van der Waals surface area contributed by atoms with Crippen molar-refractivity contribution in [1.29, 1.82) is 0 Å². The molecule has 2 aliphatic carbocycles. The number of hydrogen-bond acceptors (Lipinski definition) is 2. The Morgan fingerprint density at radius 1 is 1.16 bits per heavy atom. The molecule has 2 saturated carbocycles. The molecule has 2 aliphatic rings. The monoisotopic (exact) mass is 260 g/mol. The number of carboxylic acid groups (broad SMARTS) is 1. The molecule has 0 radical (unpaired) electrons. The zero-order chi connectivity index (χ0) is 13.3. The van der Waals surface area contributed by atoms with Gasteiger partial charge in [-0.05, 0) is 31.7 Å². The summed E-state index contributed by atoms with van der Waals surface area (Å²) in [6.07, 6.45) is 7.06. The lowest BCUT2D eigenvalue weighted by Crippen LogP contribution is -2.38. The average Bonchev–Trinajstić information content (AvgIpc) is 3.24. The van der Waals surface area contributed by atoms with E-state index in [1.807, 2.05) is 24.3 Å². The number of benzene rings is 1. The summed E-state index contributed by atoms with van der Waals surface area (Å²) in [5.41, 5.74) is 0.151. The van der Waals surface area contributed by atoms with Crippen molar-refractivity contribution in [2.75, 3.05) is 0 Å². The Hall–Kier alpha value is -1.51. The van der Waals surface area contributed by atoms with E-state index >= 15 is 0 Å². The van der Waals surface area contributed by atoms with Crippen molar-refractivity contribution in [2.45, 2.75) is 56.5 Å². The van der Waals surface area contributed by atoms with Crippen LogP contribution in [0.1, 0.15) is 50.5 Å². The van der Waals surface area contributed by atoms with Crippen molar-refractivity contribution in [1.82, 2.24) is 0 Å². The molecule has 0 heterocycles. The number of carboxylic acids is 1. The highest BCUT2D eigenvalue weighted by molar-refractivity contribution is 5.82. The molecule has 0 aliphatic heterocycles. The maximum absolute atomic E-state index is 11.9. The maximum atomic E-state index is 11.9. The quantitative estimate of drug-likeness (QED) is 0.901. The van der Waals surface area contributed by atoms with Crippen molar-refractivity contribution in [2.24, 2.45) is 0 Å². The fourth-order valence-corrected chi connectivity index (χ4v) is 3.08. The summed E-state index contributed by atoms with van der Waals surface area (Å²) in [6, 6.07) is 7.72. The van der Waals surface area contributed by atoms with Gasteiger partial charge in [0.15, 0.2) is 0 Å². The van der Waals surface area contributed by atoms with Crippen LogP contribution < -0.4 is 4.74 Å². The Labute approximate surface area is 113 Å². The standard InChI is InChI=1S/C16H20O3/c17-15(18)16(10-4-1-5-11-16)13-6-2-3-7-14(13)19-12-8-9-12/h2-3,6-7,12H,1,4-5,8-11H2,(H,17,18). The van der Waals surface area contributed by atoms with Gasteiger partial charge in [0.25, 0.3) is 0 Å². The molecule has 3 rings (SSSR count). The molecule has 1 N–H and O–H groups in total. The number of para-hydroxylation sites is 1.